The molecule has 1 N–H and O–H groups in total. The SMILES string of the molecule is COc1cc(C=C2SC(=O)NC2=O)ccc1OC(=O)C12CC3CC(CC(C3)C1)C2. The van der Waals surface area contributed by atoms with E-state index >= 15 is 0 Å². The van der Waals surface area contributed by atoms with E-state index in [9.17, 15) is 14.4 Å². The Labute approximate surface area is 173 Å². The van der Waals surface area contributed by atoms with Crippen LogP contribution >= 0.6 is 11.8 Å². The number of hydrogen-bond donors (Lipinski definition) is 1. The average Bonchev–Trinajstić information content (AvgIpc) is 2.98. The molecule has 7 heteroatoms. The van der Waals surface area contributed by atoms with Crippen molar-refractivity contribution in [1.82, 2.24) is 5.32 Å². The Balaban J connectivity index is 1.36. The van der Waals surface area contributed by atoms with Crippen LogP contribution in [-0.4, -0.2) is 24.2 Å². The van der Waals surface area contributed by atoms with Gasteiger partial charge >= 0.3 is 5.97 Å². The first-order chi connectivity index (χ1) is 13.9. The molecule has 1 saturated heterocycles. The number of carbonyl (C=O) groups is 3. The Morgan fingerprint density at radius 1 is 1.10 bits per heavy atom. The topological polar surface area (TPSA) is 81.7 Å². The molecule has 1 aliphatic heterocycles. The van der Waals surface area contributed by atoms with Crippen molar-refractivity contribution in [3.63, 3.8) is 0 Å². The molecule has 1 aromatic rings. The van der Waals surface area contributed by atoms with Crippen LogP contribution in [0.3, 0.4) is 0 Å². The highest BCUT2D eigenvalue weighted by Gasteiger charge is 2.55. The van der Waals surface area contributed by atoms with Crippen molar-refractivity contribution in [2.45, 2.75) is 38.5 Å². The maximum atomic E-state index is 13.2. The van der Waals surface area contributed by atoms with E-state index in [0.717, 1.165) is 31.0 Å². The van der Waals surface area contributed by atoms with Gasteiger partial charge in [0.25, 0.3) is 11.1 Å². The van der Waals surface area contributed by atoms with E-state index in [4.69, 9.17) is 9.47 Å². The predicted molar refractivity (Wildman–Crippen MR) is 108 cm³/mol. The lowest BCUT2D eigenvalue weighted by atomic mass is 9.49. The number of thioether (sulfide) groups is 1. The summed E-state index contributed by atoms with van der Waals surface area (Å²) in [5.74, 6) is 2.31. The van der Waals surface area contributed by atoms with Crippen molar-refractivity contribution < 1.29 is 23.9 Å². The average molecular weight is 413 g/mol. The minimum Gasteiger partial charge on any atom is -0.493 e. The summed E-state index contributed by atoms with van der Waals surface area (Å²) in [6.07, 6.45) is 8.28. The van der Waals surface area contributed by atoms with Gasteiger partial charge in [0, 0.05) is 0 Å². The van der Waals surface area contributed by atoms with Crippen LogP contribution in [-0.2, 0) is 9.59 Å². The molecule has 4 bridgehead atoms. The molecule has 6 nitrogen and oxygen atoms in total. The van der Waals surface area contributed by atoms with Crippen molar-refractivity contribution >= 4 is 35.0 Å². The van der Waals surface area contributed by atoms with Crippen LogP contribution in [0, 0.1) is 23.2 Å². The van der Waals surface area contributed by atoms with Crippen LogP contribution in [0.4, 0.5) is 4.79 Å². The molecular weight excluding hydrogens is 390 g/mol. The predicted octanol–water partition coefficient (Wildman–Crippen LogP) is 4.14. The first kappa shape index (κ1) is 18.7. The first-order valence-corrected chi connectivity index (χ1v) is 10.9. The second-order valence-corrected chi connectivity index (χ2v) is 9.86. The zero-order valence-corrected chi connectivity index (χ0v) is 17.1. The molecule has 4 aliphatic carbocycles. The van der Waals surface area contributed by atoms with Crippen LogP contribution in [0.5, 0.6) is 11.5 Å². The first-order valence-electron chi connectivity index (χ1n) is 10.1. The molecule has 0 atom stereocenters. The van der Waals surface area contributed by atoms with Gasteiger partial charge in [0.15, 0.2) is 11.5 Å². The number of hydrogen-bond acceptors (Lipinski definition) is 6. The molecule has 0 unspecified atom stereocenters. The molecule has 2 amide bonds. The molecule has 1 aromatic carbocycles. The Morgan fingerprint density at radius 3 is 2.31 bits per heavy atom. The van der Waals surface area contributed by atoms with E-state index in [0.29, 0.717) is 39.7 Å². The molecule has 0 spiro atoms. The minimum absolute atomic E-state index is 0.127. The second-order valence-electron chi connectivity index (χ2n) is 8.85. The molecular formula is C22H23NO5S. The van der Waals surface area contributed by atoms with Gasteiger partial charge in [-0.1, -0.05) is 6.07 Å². The quantitative estimate of drug-likeness (QED) is 0.454. The van der Waals surface area contributed by atoms with E-state index < -0.39 is 5.91 Å². The third kappa shape index (κ3) is 3.35. The molecule has 0 aromatic heterocycles. The lowest BCUT2D eigenvalue weighted by molar-refractivity contribution is -0.161. The van der Waals surface area contributed by atoms with E-state index in [1.807, 2.05) is 0 Å². The number of amides is 2. The normalized spacial score (nSPS) is 33.8. The van der Waals surface area contributed by atoms with E-state index in [2.05, 4.69) is 5.32 Å². The van der Waals surface area contributed by atoms with Gasteiger partial charge < -0.3 is 9.47 Å². The third-order valence-corrected chi connectivity index (χ3v) is 7.61. The summed E-state index contributed by atoms with van der Waals surface area (Å²) >= 11 is 0.864. The van der Waals surface area contributed by atoms with Crippen LogP contribution in [0.25, 0.3) is 6.08 Å². The Morgan fingerprint density at radius 2 is 1.76 bits per heavy atom. The van der Waals surface area contributed by atoms with E-state index in [1.165, 1.54) is 26.4 Å². The molecule has 5 aliphatic rings. The summed E-state index contributed by atoms with van der Waals surface area (Å²) in [7, 11) is 1.52. The number of nitrogens with one attached hydrogen (secondary N) is 1. The third-order valence-electron chi connectivity index (χ3n) is 6.80. The standard InChI is InChI=1S/C22H23NO5S/c1-27-17-7-12(8-18-19(24)23-21(26)29-18)2-3-16(17)28-20(25)22-9-13-4-14(10-22)6-15(5-13)11-22/h2-3,7-8,13-15H,4-6,9-11H2,1H3,(H,23,24,26). The summed E-state index contributed by atoms with van der Waals surface area (Å²) in [5, 5.41) is 1.85. The van der Waals surface area contributed by atoms with Crippen molar-refractivity contribution in [3.05, 3.63) is 28.7 Å². The smallest absolute Gasteiger partial charge is 0.317 e. The summed E-state index contributed by atoms with van der Waals surface area (Å²) in [5.41, 5.74) is 0.364. The fourth-order valence-corrected chi connectivity index (χ4v) is 6.68. The highest BCUT2D eigenvalue weighted by Crippen LogP contribution is 2.60. The largest absolute Gasteiger partial charge is 0.493 e. The van der Waals surface area contributed by atoms with Crippen LogP contribution < -0.4 is 14.8 Å². The van der Waals surface area contributed by atoms with E-state index in [-0.39, 0.29) is 16.6 Å². The molecule has 6 rings (SSSR count). The fourth-order valence-electron chi connectivity index (χ4n) is 6.00. The van der Waals surface area contributed by atoms with Crippen molar-refractivity contribution in [2.75, 3.05) is 7.11 Å². The zero-order valence-electron chi connectivity index (χ0n) is 16.2. The lowest BCUT2D eigenvalue weighted by Crippen LogP contribution is -2.51. The Hall–Kier alpha value is -2.28. The molecule has 29 heavy (non-hydrogen) atoms. The van der Waals surface area contributed by atoms with Crippen LogP contribution in [0.1, 0.15) is 44.1 Å². The molecule has 0 radical (unpaired) electrons. The number of benzene rings is 1. The lowest BCUT2D eigenvalue weighted by Gasteiger charge is -2.55. The Kier molecular flexibility index (Phi) is 4.46. The van der Waals surface area contributed by atoms with Gasteiger partial charge in [-0.15, -0.1) is 0 Å². The highest BCUT2D eigenvalue weighted by molar-refractivity contribution is 8.18. The summed E-state index contributed by atoms with van der Waals surface area (Å²) in [4.78, 5) is 36.6. The number of ether oxygens (including phenoxy) is 2. The van der Waals surface area contributed by atoms with Crippen molar-refractivity contribution in [1.29, 1.82) is 0 Å². The second kappa shape index (κ2) is 6.90. The monoisotopic (exact) mass is 413 g/mol. The number of methoxy groups -OCH3 is 1. The van der Waals surface area contributed by atoms with E-state index in [1.54, 1.807) is 24.3 Å². The van der Waals surface area contributed by atoms with Crippen molar-refractivity contribution in [3.8, 4) is 11.5 Å². The van der Waals surface area contributed by atoms with Gasteiger partial charge in [-0.05, 0) is 91.8 Å². The number of rotatable bonds is 4. The molecule has 1 heterocycles. The summed E-state index contributed by atoms with van der Waals surface area (Å²) in [6, 6.07) is 5.17. The number of carbonyl (C=O) groups excluding carboxylic acids is 3. The maximum Gasteiger partial charge on any atom is 0.317 e. The molecule has 5 fully saturated rings. The van der Waals surface area contributed by atoms with Gasteiger partial charge in [0.1, 0.15) is 0 Å². The maximum absolute atomic E-state index is 13.2. The molecule has 152 valence electrons. The number of esters is 1. The zero-order chi connectivity index (χ0) is 20.2. The van der Waals surface area contributed by atoms with Gasteiger partial charge in [0.05, 0.1) is 17.4 Å². The number of imide groups is 1. The van der Waals surface area contributed by atoms with Crippen LogP contribution in [0.2, 0.25) is 0 Å². The fraction of sp³-hybridized carbons (Fsp3) is 0.500. The Bertz CT molecular complexity index is 902. The highest BCUT2D eigenvalue weighted by atomic mass is 32.2. The minimum atomic E-state index is -0.406. The van der Waals surface area contributed by atoms with Gasteiger partial charge in [-0.25, -0.2) is 0 Å². The van der Waals surface area contributed by atoms with Crippen molar-refractivity contribution in [2.24, 2.45) is 23.2 Å². The van der Waals surface area contributed by atoms with Crippen LogP contribution in [0.15, 0.2) is 23.1 Å². The van der Waals surface area contributed by atoms with Gasteiger partial charge in [-0.3, -0.25) is 19.7 Å². The van der Waals surface area contributed by atoms with Gasteiger partial charge in [-0.2, -0.15) is 0 Å². The summed E-state index contributed by atoms with van der Waals surface area (Å²) < 4.78 is 11.3. The summed E-state index contributed by atoms with van der Waals surface area (Å²) in [6.45, 7) is 0. The van der Waals surface area contributed by atoms with Gasteiger partial charge in [0.2, 0.25) is 0 Å². The molecule has 4 saturated carbocycles.